The molecule has 0 bridgehead atoms. The third-order valence-electron chi connectivity index (χ3n) is 4.30. The molecule has 0 aromatic carbocycles. The van der Waals surface area contributed by atoms with E-state index in [9.17, 15) is 13.6 Å². The van der Waals surface area contributed by atoms with Gasteiger partial charge in [-0.25, -0.2) is 8.78 Å². The van der Waals surface area contributed by atoms with Gasteiger partial charge in [-0.1, -0.05) is 0 Å². The van der Waals surface area contributed by atoms with Crippen molar-refractivity contribution in [3.8, 4) is 0 Å². The van der Waals surface area contributed by atoms with Crippen LogP contribution in [0.3, 0.4) is 0 Å². The van der Waals surface area contributed by atoms with Crippen molar-refractivity contribution in [2.24, 2.45) is 11.8 Å². The summed E-state index contributed by atoms with van der Waals surface area (Å²) in [4.78, 5) is 12.9. The molecule has 0 atom stereocenters. The standard InChI is InChI=1S/C13H21F2NO2.ClH/c14-13(15)5-7-16(8-6-13)9-10-1-3-11(4-2-10)12(17)18;/h10-11H,1-9H2,(H,17,18);1H. The summed E-state index contributed by atoms with van der Waals surface area (Å²) in [6.07, 6.45) is 3.26. The SMILES string of the molecule is Cl.O=C(O)C1CCC(CN2CCC(F)(F)CC2)CC1. The Labute approximate surface area is 118 Å². The highest BCUT2D eigenvalue weighted by Crippen LogP contribution is 2.32. The van der Waals surface area contributed by atoms with E-state index in [4.69, 9.17) is 5.11 Å². The summed E-state index contributed by atoms with van der Waals surface area (Å²) in [5.74, 6) is -2.86. The lowest BCUT2D eigenvalue weighted by Crippen LogP contribution is -2.42. The van der Waals surface area contributed by atoms with E-state index in [0.29, 0.717) is 19.0 Å². The first-order valence-electron chi connectivity index (χ1n) is 6.79. The molecule has 0 radical (unpaired) electrons. The van der Waals surface area contributed by atoms with E-state index in [2.05, 4.69) is 4.90 Å². The molecule has 1 aliphatic heterocycles. The van der Waals surface area contributed by atoms with Gasteiger partial charge in [0.1, 0.15) is 0 Å². The molecule has 2 rings (SSSR count). The Morgan fingerprint density at radius 3 is 2.16 bits per heavy atom. The fraction of sp³-hybridized carbons (Fsp3) is 0.923. The molecule has 1 heterocycles. The van der Waals surface area contributed by atoms with Crippen molar-refractivity contribution < 1.29 is 18.7 Å². The van der Waals surface area contributed by atoms with Crippen molar-refractivity contribution in [1.29, 1.82) is 0 Å². The van der Waals surface area contributed by atoms with Gasteiger partial charge in [-0.3, -0.25) is 4.79 Å². The van der Waals surface area contributed by atoms with Gasteiger partial charge in [0.25, 0.3) is 5.92 Å². The molecule has 0 aromatic rings. The van der Waals surface area contributed by atoms with Crippen molar-refractivity contribution in [2.75, 3.05) is 19.6 Å². The van der Waals surface area contributed by atoms with Crippen molar-refractivity contribution in [3.05, 3.63) is 0 Å². The van der Waals surface area contributed by atoms with Crippen LogP contribution in [-0.2, 0) is 4.79 Å². The highest BCUT2D eigenvalue weighted by molar-refractivity contribution is 5.85. The molecule has 0 amide bonds. The van der Waals surface area contributed by atoms with Crippen LogP contribution in [0.5, 0.6) is 0 Å². The summed E-state index contributed by atoms with van der Waals surface area (Å²) in [6.45, 7) is 1.82. The number of likely N-dealkylation sites (tertiary alicyclic amines) is 1. The van der Waals surface area contributed by atoms with Crippen LogP contribution in [0.25, 0.3) is 0 Å². The number of rotatable bonds is 3. The number of hydrogen-bond acceptors (Lipinski definition) is 2. The maximum absolute atomic E-state index is 13.0. The molecule has 0 aromatic heterocycles. The van der Waals surface area contributed by atoms with E-state index in [1.165, 1.54) is 0 Å². The largest absolute Gasteiger partial charge is 0.481 e. The Kier molecular flexibility index (Phi) is 5.99. The van der Waals surface area contributed by atoms with Gasteiger partial charge in [0.05, 0.1) is 5.92 Å². The smallest absolute Gasteiger partial charge is 0.306 e. The number of hydrogen-bond donors (Lipinski definition) is 1. The van der Waals surface area contributed by atoms with Crippen LogP contribution >= 0.6 is 12.4 Å². The molecular weight excluding hydrogens is 276 g/mol. The maximum Gasteiger partial charge on any atom is 0.306 e. The third-order valence-corrected chi connectivity index (χ3v) is 4.30. The number of piperidine rings is 1. The normalized spacial score (nSPS) is 31.5. The van der Waals surface area contributed by atoms with Crippen LogP contribution in [0.1, 0.15) is 38.5 Å². The van der Waals surface area contributed by atoms with Crippen molar-refractivity contribution in [1.82, 2.24) is 4.90 Å². The van der Waals surface area contributed by atoms with Crippen molar-refractivity contribution in [2.45, 2.75) is 44.4 Å². The number of carbonyl (C=O) groups is 1. The summed E-state index contributed by atoms with van der Waals surface area (Å²) in [7, 11) is 0. The van der Waals surface area contributed by atoms with E-state index in [0.717, 1.165) is 32.2 Å². The molecule has 2 fully saturated rings. The summed E-state index contributed by atoms with van der Waals surface area (Å²) >= 11 is 0. The molecule has 1 saturated carbocycles. The number of carboxylic acids is 1. The zero-order chi connectivity index (χ0) is 13.2. The van der Waals surface area contributed by atoms with Gasteiger partial charge in [-0.2, -0.15) is 0 Å². The van der Waals surface area contributed by atoms with Gasteiger partial charge < -0.3 is 10.0 Å². The van der Waals surface area contributed by atoms with E-state index < -0.39 is 11.9 Å². The summed E-state index contributed by atoms with van der Waals surface area (Å²) in [5, 5.41) is 8.91. The average molecular weight is 298 g/mol. The van der Waals surface area contributed by atoms with Crippen LogP contribution in [0, 0.1) is 11.8 Å². The molecule has 1 aliphatic carbocycles. The van der Waals surface area contributed by atoms with E-state index in [-0.39, 0.29) is 31.2 Å². The highest BCUT2D eigenvalue weighted by atomic mass is 35.5. The molecule has 112 valence electrons. The van der Waals surface area contributed by atoms with Crippen LogP contribution in [0.15, 0.2) is 0 Å². The van der Waals surface area contributed by atoms with Crippen molar-refractivity contribution in [3.63, 3.8) is 0 Å². The molecule has 3 nitrogen and oxygen atoms in total. The highest BCUT2D eigenvalue weighted by Gasteiger charge is 2.35. The van der Waals surface area contributed by atoms with Gasteiger partial charge in [0, 0.05) is 32.5 Å². The molecule has 0 unspecified atom stereocenters. The molecule has 1 N–H and O–H groups in total. The minimum atomic E-state index is -2.47. The van der Waals surface area contributed by atoms with Gasteiger partial charge >= 0.3 is 5.97 Å². The van der Waals surface area contributed by atoms with Crippen LogP contribution < -0.4 is 0 Å². The van der Waals surface area contributed by atoms with Gasteiger partial charge in [0.2, 0.25) is 0 Å². The minimum Gasteiger partial charge on any atom is -0.481 e. The second-order valence-corrected chi connectivity index (χ2v) is 5.71. The first-order chi connectivity index (χ1) is 8.46. The fourth-order valence-electron chi connectivity index (χ4n) is 3.02. The molecule has 2 aliphatic rings. The Morgan fingerprint density at radius 1 is 1.16 bits per heavy atom. The lowest BCUT2D eigenvalue weighted by Gasteiger charge is -2.35. The first-order valence-corrected chi connectivity index (χ1v) is 6.79. The molecule has 1 saturated heterocycles. The zero-order valence-corrected chi connectivity index (χ0v) is 11.8. The quantitative estimate of drug-likeness (QED) is 0.870. The van der Waals surface area contributed by atoms with Gasteiger partial charge in [0.15, 0.2) is 0 Å². The van der Waals surface area contributed by atoms with Crippen molar-refractivity contribution >= 4 is 18.4 Å². The lowest BCUT2D eigenvalue weighted by atomic mass is 9.81. The molecule has 19 heavy (non-hydrogen) atoms. The summed E-state index contributed by atoms with van der Waals surface area (Å²) < 4.78 is 26.0. The Morgan fingerprint density at radius 2 is 1.68 bits per heavy atom. The van der Waals surface area contributed by atoms with E-state index >= 15 is 0 Å². The predicted octanol–water partition coefficient (Wildman–Crippen LogP) is 3.03. The number of aliphatic carboxylic acids is 1. The number of halogens is 3. The zero-order valence-electron chi connectivity index (χ0n) is 11.0. The lowest BCUT2D eigenvalue weighted by molar-refractivity contribution is -0.143. The molecule has 0 spiro atoms. The Hall–Kier alpha value is -0.420. The topological polar surface area (TPSA) is 40.5 Å². The van der Waals surface area contributed by atoms with Crippen LogP contribution in [0.2, 0.25) is 0 Å². The summed E-state index contributed by atoms with van der Waals surface area (Å²) in [6, 6.07) is 0. The number of alkyl halides is 2. The van der Waals surface area contributed by atoms with E-state index in [1.807, 2.05) is 0 Å². The Bertz CT molecular complexity index is 297. The molecular formula is C13H22ClF2NO2. The fourth-order valence-corrected chi connectivity index (χ4v) is 3.02. The molecule has 6 heteroatoms. The third kappa shape index (κ3) is 4.88. The second-order valence-electron chi connectivity index (χ2n) is 5.71. The van der Waals surface area contributed by atoms with Crippen LogP contribution in [-0.4, -0.2) is 41.5 Å². The first kappa shape index (κ1) is 16.6. The van der Waals surface area contributed by atoms with Crippen LogP contribution in [0.4, 0.5) is 8.78 Å². The van der Waals surface area contributed by atoms with Gasteiger partial charge in [-0.05, 0) is 31.6 Å². The minimum absolute atomic E-state index is 0. The predicted molar refractivity (Wildman–Crippen MR) is 71.0 cm³/mol. The number of carboxylic acid groups (broad SMARTS) is 1. The second kappa shape index (κ2) is 6.84. The Balaban J connectivity index is 0.00000180. The van der Waals surface area contributed by atoms with Gasteiger partial charge in [-0.15, -0.1) is 12.4 Å². The summed E-state index contributed by atoms with van der Waals surface area (Å²) in [5.41, 5.74) is 0. The monoisotopic (exact) mass is 297 g/mol. The van der Waals surface area contributed by atoms with E-state index in [1.54, 1.807) is 0 Å². The number of nitrogens with zero attached hydrogens (tertiary/aromatic N) is 1. The average Bonchev–Trinajstić information content (AvgIpc) is 2.33. The maximum atomic E-state index is 13.0.